The van der Waals surface area contributed by atoms with Gasteiger partial charge in [0.2, 0.25) is 0 Å². The van der Waals surface area contributed by atoms with Gasteiger partial charge in [0, 0.05) is 5.56 Å². The van der Waals surface area contributed by atoms with Crippen LogP contribution < -0.4 is 0 Å². The molecule has 0 unspecified atom stereocenters. The van der Waals surface area contributed by atoms with Crippen LogP contribution in [-0.4, -0.2) is 18.4 Å². The van der Waals surface area contributed by atoms with Gasteiger partial charge >= 0.3 is 5.97 Å². The first-order valence-corrected chi connectivity index (χ1v) is 13.6. The number of unbranched alkanes of at least 4 members (excludes halogenated alkanes) is 6. The van der Waals surface area contributed by atoms with Crippen molar-refractivity contribution in [1.29, 1.82) is 0 Å². The highest BCUT2D eigenvalue weighted by atomic mass is 16.5. The van der Waals surface area contributed by atoms with Crippen molar-refractivity contribution in [2.24, 2.45) is 0 Å². The Bertz CT molecular complexity index is 1060. The molecule has 36 heavy (non-hydrogen) atoms. The Hall–Kier alpha value is -3.20. The van der Waals surface area contributed by atoms with Gasteiger partial charge in [-0.1, -0.05) is 113 Å². The Morgan fingerprint density at radius 2 is 1.00 bits per heavy atom. The Morgan fingerprint density at radius 3 is 1.58 bits per heavy atom. The van der Waals surface area contributed by atoms with Crippen molar-refractivity contribution in [2.75, 3.05) is 6.61 Å². The van der Waals surface area contributed by atoms with E-state index in [0.29, 0.717) is 11.1 Å². The molecule has 0 aliphatic rings. The average Bonchev–Trinajstić information content (AvgIpc) is 2.92. The first-order chi connectivity index (χ1) is 17.6. The van der Waals surface area contributed by atoms with E-state index in [9.17, 15) is 9.59 Å². The monoisotopic (exact) mass is 484 g/mol. The summed E-state index contributed by atoms with van der Waals surface area (Å²) in [5.41, 5.74) is 5.80. The number of hydrogen-bond donors (Lipinski definition) is 0. The standard InChI is InChI=1S/C33H40O3/c1-3-5-7-8-10-12-27-15-19-31(20-16-27)33(35)36-25-32(34)30-23-21-29(22-24-30)28-17-13-26(14-18-28)11-9-6-4-2/h13-24H,3-12,25H2,1-2H3. The molecule has 0 fully saturated rings. The van der Waals surface area contributed by atoms with Crippen LogP contribution in [0, 0.1) is 0 Å². The van der Waals surface area contributed by atoms with E-state index in [1.165, 1.54) is 62.5 Å². The average molecular weight is 485 g/mol. The van der Waals surface area contributed by atoms with Gasteiger partial charge in [0.15, 0.2) is 12.4 Å². The van der Waals surface area contributed by atoms with Gasteiger partial charge in [-0.05, 0) is 60.1 Å². The second-order valence-corrected chi connectivity index (χ2v) is 9.59. The van der Waals surface area contributed by atoms with Crippen LogP contribution in [0.1, 0.15) is 97.1 Å². The number of benzene rings is 3. The fraction of sp³-hybridized carbons (Fsp3) is 0.394. The number of ether oxygens (including phenoxy) is 1. The number of carbonyl (C=O) groups excluding carboxylic acids is 2. The molecule has 0 aliphatic heterocycles. The molecule has 3 heteroatoms. The Morgan fingerprint density at radius 1 is 0.556 bits per heavy atom. The summed E-state index contributed by atoms with van der Waals surface area (Å²) in [6.45, 7) is 4.18. The van der Waals surface area contributed by atoms with E-state index in [-0.39, 0.29) is 12.4 Å². The molecule has 0 amide bonds. The van der Waals surface area contributed by atoms with Gasteiger partial charge in [-0.2, -0.15) is 0 Å². The van der Waals surface area contributed by atoms with Crippen molar-refractivity contribution in [3.05, 3.63) is 95.1 Å². The third kappa shape index (κ3) is 8.78. The van der Waals surface area contributed by atoms with Crippen molar-refractivity contribution in [2.45, 2.75) is 78.1 Å². The molecule has 0 heterocycles. The molecular weight excluding hydrogens is 444 g/mol. The minimum atomic E-state index is -0.464. The molecule has 0 N–H and O–H groups in total. The van der Waals surface area contributed by atoms with Gasteiger partial charge in [0.1, 0.15) is 0 Å². The third-order valence-electron chi connectivity index (χ3n) is 6.66. The number of Topliss-reactive ketones (excluding diaryl/α,β-unsaturated/α-hetero) is 1. The molecule has 0 saturated carbocycles. The van der Waals surface area contributed by atoms with Gasteiger partial charge in [-0.15, -0.1) is 0 Å². The fourth-order valence-corrected chi connectivity index (χ4v) is 4.33. The third-order valence-corrected chi connectivity index (χ3v) is 6.66. The first kappa shape index (κ1) is 27.4. The van der Waals surface area contributed by atoms with Gasteiger partial charge in [0.25, 0.3) is 0 Å². The van der Waals surface area contributed by atoms with Gasteiger partial charge in [-0.25, -0.2) is 4.79 Å². The Labute approximate surface area is 216 Å². The summed E-state index contributed by atoms with van der Waals surface area (Å²) < 4.78 is 5.29. The molecule has 0 bridgehead atoms. The van der Waals surface area contributed by atoms with Gasteiger partial charge in [-0.3, -0.25) is 4.79 Å². The Balaban J connectivity index is 1.46. The molecule has 0 saturated heterocycles. The highest BCUT2D eigenvalue weighted by molar-refractivity contribution is 5.99. The second-order valence-electron chi connectivity index (χ2n) is 9.59. The molecule has 0 aromatic heterocycles. The van der Waals surface area contributed by atoms with Crippen molar-refractivity contribution in [1.82, 2.24) is 0 Å². The van der Waals surface area contributed by atoms with E-state index >= 15 is 0 Å². The quantitative estimate of drug-likeness (QED) is 0.123. The number of carbonyl (C=O) groups is 2. The summed E-state index contributed by atoms with van der Waals surface area (Å²) >= 11 is 0. The molecule has 190 valence electrons. The van der Waals surface area contributed by atoms with E-state index < -0.39 is 5.97 Å². The van der Waals surface area contributed by atoms with Crippen LogP contribution in [0.5, 0.6) is 0 Å². The maximum absolute atomic E-state index is 12.6. The molecule has 3 nitrogen and oxygen atoms in total. The minimum absolute atomic E-state index is 0.204. The maximum Gasteiger partial charge on any atom is 0.338 e. The van der Waals surface area contributed by atoms with E-state index in [0.717, 1.165) is 24.0 Å². The minimum Gasteiger partial charge on any atom is -0.454 e. The van der Waals surface area contributed by atoms with Gasteiger partial charge in [0.05, 0.1) is 5.56 Å². The van der Waals surface area contributed by atoms with Crippen molar-refractivity contribution in [3.8, 4) is 11.1 Å². The van der Waals surface area contributed by atoms with Crippen molar-refractivity contribution >= 4 is 11.8 Å². The summed E-state index contributed by atoms with van der Waals surface area (Å²) in [5.74, 6) is -0.668. The van der Waals surface area contributed by atoms with E-state index in [2.05, 4.69) is 38.1 Å². The van der Waals surface area contributed by atoms with Crippen LogP contribution in [0.15, 0.2) is 72.8 Å². The SMILES string of the molecule is CCCCCCCc1ccc(C(=O)OCC(=O)c2ccc(-c3ccc(CCCCC)cc3)cc2)cc1. The van der Waals surface area contributed by atoms with Crippen LogP contribution >= 0.6 is 0 Å². The number of aryl methyl sites for hydroxylation is 2. The lowest BCUT2D eigenvalue weighted by molar-refractivity contribution is 0.0474. The van der Waals surface area contributed by atoms with E-state index in [1.807, 2.05) is 24.3 Å². The van der Waals surface area contributed by atoms with Crippen molar-refractivity contribution < 1.29 is 14.3 Å². The van der Waals surface area contributed by atoms with Crippen molar-refractivity contribution in [3.63, 3.8) is 0 Å². The van der Waals surface area contributed by atoms with Crippen LogP contribution in [0.25, 0.3) is 11.1 Å². The predicted octanol–water partition coefficient (Wildman–Crippen LogP) is 8.64. The largest absolute Gasteiger partial charge is 0.454 e. The smallest absolute Gasteiger partial charge is 0.338 e. The topological polar surface area (TPSA) is 43.4 Å². The molecular formula is C33H40O3. The second kappa shape index (κ2) is 15.0. The highest BCUT2D eigenvalue weighted by Crippen LogP contribution is 2.21. The molecule has 0 radical (unpaired) electrons. The van der Waals surface area contributed by atoms with Crippen LogP contribution in [0.4, 0.5) is 0 Å². The zero-order chi connectivity index (χ0) is 25.6. The molecule has 3 rings (SSSR count). The van der Waals surface area contributed by atoms with E-state index in [4.69, 9.17) is 4.74 Å². The number of rotatable bonds is 15. The lowest BCUT2D eigenvalue weighted by Gasteiger charge is -2.08. The summed E-state index contributed by atoms with van der Waals surface area (Å²) in [4.78, 5) is 25.0. The molecule has 3 aromatic carbocycles. The normalized spacial score (nSPS) is 10.8. The van der Waals surface area contributed by atoms with Crippen LogP contribution in [0.2, 0.25) is 0 Å². The number of hydrogen-bond acceptors (Lipinski definition) is 3. The highest BCUT2D eigenvalue weighted by Gasteiger charge is 2.12. The molecule has 0 spiro atoms. The molecule has 0 aliphatic carbocycles. The predicted molar refractivity (Wildman–Crippen MR) is 149 cm³/mol. The van der Waals surface area contributed by atoms with Gasteiger partial charge < -0.3 is 4.74 Å². The molecule has 3 aromatic rings. The number of ketones is 1. The van der Waals surface area contributed by atoms with E-state index in [1.54, 1.807) is 24.3 Å². The van der Waals surface area contributed by atoms with Crippen LogP contribution in [0.3, 0.4) is 0 Å². The fourth-order valence-electron chi connectivity index (χ4n) is 4.33. The maximum atomic E-state index is 12.6. The summed E-state index contributed by atoms with van der Waals surface area (Å²) in [5, 5.41) is 0. The lowest BCUT2D eigenvalue weighted by atomic mass is 10.00. The number of esters is 1. The summed E-state index contributed by atoms with van der Waals surface area (Å²) in [7, 11) is 0. The summed E-state index contributed by atoms with van der Waals surface area (Å²) in [6.07, 6.45) is 12.1. The first-order valence-electron chi connectivity index (χ1n) is 13.6. The molecule has 0 atom stereocenters. The zero-order valence-electron chi connectivity index (χ0n) is 21.9. The van der Waals surface area contributed by atoms with Crippen LogP contribution in [-0.2, 0) is 17.6 Å². The summed E-state index contributed by atoms with van der Waals surface area (Å²) in [6, 6.07) is 23.7. The Kier molecular flexibility index (Phi) is 11.4. The lowest BCUT2D eigenvalue weighted by Crippen LogP contribution is -2.14. The zero-order valence-corrected chi connectivity index (χ0v) is 21.9.